The van der Waals surface area contributed by atoms with Crippen molar-refractivity contribution in [2.75, 3.05) is 23.8 Å². The van der Waals surface area contributed by atoms with Gasteiger partial charge in [-0.2, -0.15) is 0 Å². The Kier molecular flexibility index (Phi) is 3.52. The Labute approximate surface area is 124 Å². The maximum atomic E-state index is 12.5. The first-order chi connectivity index (χ1) is 10.1. The van der Waals surface area contributed by atoms with E-state index in [4.69, 9.17) is 4.74 Å². The van der Waals surface area contributed by atoms with E-state index in [2.05, 4.69) is 10.6 Å². The van der Waals surface area contributed by atoms with Crippen LogP contribution in [0.2, 0.25) is 0 Å². The van der Waals surface area contributed by atoms with Crippen molar-refractivity contribution in [3.63, 3.8) is 0 Å². The van der Waals surface area contributed by atoms with E-state index < -0.39 is 0 Å². The van der Waals surface area contributed by atoms with Gasteiger partial charge in [-0.1, -0.05) is 23.8 Å². The first-order valence-corrected chi connectivity index (χ1v) is 7.03. The molecule has 0 fully saturated rings. The predicted octanol–water partition coefficient (Wildman–Crippen LogP) is 3.36. The zero-order valence-electron chi connectivity index (χ0n) is 12.2. The highest BCUT2D eigenvalue weighted by Gasteiger charge is 2.19. The third kappa shape index (κ3) is 2.70. The van der Waals surface area contributed by atoms with Gasteiger partial charge in [-0.25, -0.2) is 0 Å². The Bertz CT molecular complexity index is 695. The highest BCUT2D eigenvalue weighted by Crippen LogP contribution is 2.31. The molecular formula is C17H18N2O2. The molecule has 0 atom stereocenters. The molecule has 1 amide bonds. The SMILES string of the molecule is Cc1ccc(NC(=O)c2cccc3c2OCCN3)c(C)c1. The molecule has 4 heteroatoms. The first-order valence-electron chi connectivity index (χ1n) is 7.03. The molecular weight excluding hydrogens is 264 g/mol. The van der Waals surface area contributed by atoms with Gasteiger partial charge < -0.3 is 15.4 Å². The zero-order chi connectivity index (χ0) is 14.8. The van der Waals surface area contributed by atoms with Gasteiger partial charge in [0.1, 0.15) is 6.61 Å². The number of hydrogen-bond acceptors (Lipinski definition) is 3. The fraction of sp³-hybridized carbons (Fsp3) is 0.235. The fourth-order valence-corrected chi connectivity index (χ4v) is 2.49. The number of aryl methyl sites for hydroxylation is 2. The van der Waals surface area contributed by atoms with Gasteiger partial charge in [-0.15, -0.1) is 0 Å². The van der Waals surface area contributed by atoms with Crippen LogP contribution in [0.3, 0.4) is 0 Å². The lowest BCUT2D eigenvalue weighted by Gasteiger charge is -2.21. The van der Waals surface area contributed by atoms with Gasteiger partial charge in [0.15, 0.2) is 5.75 Å². The summed E-state index contributed by atoms with van der Waals surface area (Å²) in [6, 6.07) is 11.5. The third-order valence-electron chi connectivity index (χ3n) is 3.55. The second-order valence-corrected chi connectivity index (χ2v) is 5.23. The molecule has 0 unspecified atom stereocenters. The van der Waals surface area contributed by atoms with Crippen molar-refractivity contribution in [2.45, 2.75) is 13.8 Å². The van der Waals surface area contributed by atoms with E-state index in [-0.39, 0.29) is 5.91 Å². The molecule has 2 aromatic rings. The molecule has 3 rings (SSSR count). The first kappa shape index (κ1) is 13.5. The molecule has 0 aliphatic carbocycles. The quantitative estimate of drug-likeness (QED) is 0.888. The Balaban J connectivity index is 1.89. The Hall–Kier alpha value is -2.49. The summed E-state index contributed by atoms with van der Waals surface area (Å²) in [5, 5.41) is 6.19. The number of anilines is 2. The van der Waals surface area contributed by atoms with Crippen molar-refractivity contribution < 1.29 is 9.53 Å². The van der Waals surface area contributed by atoms with Crippen LogP contribution in [-0.2, 0) is 0 Å². The number of rotatable bonds is 2. The molecule has 1 aliphatic rings. The molecule has 2 N–H and O–H groups in total. The minimum Gasteiger partial charge on any atom is -0.489 e. The molecule has 4 nitrogen and oxygen atoms in total. The number of hydrogen-bond donors (Lipinski definition) is 2. The Morgan fingerprint density at radius 3 is 2.90 bits per heavy atom. The van der Waals surface area contributed by atoms with E-state index in [9.17, 15) is 4.79 Å². The lowest BCUT2D eigenvalue weighted by Crippen LogP contribution is -2.22. The fourth-order valence-electron chi connectivity index (χ4n) is 2.49. The molecule has 0 saturated heterocycles. The van der Waals surface area contributed by atoms with Gasteiger partial charge in [0.25, 0.3) is 5.91 Å². The van der Waals surface area contributed by atoms with E-state index in [1.165, 1.54) is 5.56 Å². The number of ether oxygens (including phenoxy) is 1. The summed E-state index contributed by atoms with van der Waals surface area (Å²) in [6.07, 6.45) is 0. The number of para-hydroxylation sites is 1. The largest absolute Gasteiger partial charge is 0.489 e. The Morgan fingerprint density at radius 2 is 2.10 bits per heavy atom. The van der Waals surface area contributed by atoms with Crippen LogP contribution in [0, 0.1) is 13.8 Å². The van der Waals surface area contributed by atoms with Gasteiger partial charge in [0.05, 0.1) is 11.3 Å². The summed E-state index contributed by atoms with van der Waals surface area (Å²) >= 11 is 0. The van der Waals surface area contributed by atoms with Crippen molar-refractivity contribution in [3.05, 3.63) is 53.1 Å². The number of amides is 1. The van der Waals surface area contributed by atoms with Gasteiger partial charge in [-0.05, 0) is 37.6 Å². The van der Waals surface area contributed by atoms with Crippen molar-refractivity contribution in [1.29, 1.82) is 0 Å². The summed E-state index contributed by atoms with van der Waals surface area (Å²) in [6.45, 7) is 5.35. The molecule has 0 saturated carbocycles. The smallest absolute Gasteiger partial charge is 0.259 e. The predicted molar refractivity (Wildman–Crippen MR) is 84.3 cm³/mol. The number of fused-ring (bicyclic) bond motifs is 1. The van der Waals surface area contributed by atoms with Crippen LogP contribution < -0.4 is 15.4 Å². The van der Waals surface area contributed by atoms with Crippen LogP contribution in [0.1, 0.15) is 21.5 Å². The highest BCUT2D eigenvalue weighted by molar-refractivity contribution is 6.07. The number of nitrogens with one attached hydrogen (secondary N) is 2. The van der Waals surface area contributed by atoms with Crippen molar-refractivity contribution in [2.24, 2.45) is 0 Å². The van der Waals surface area contributed by atoms with E-state index in [0.29, 0.717) is 17.9 Å². The minimum absolute atomic E-state index is 0.150. The molecule has 1 aliphatic heterocycles. The van der Waals surface area contributed by atoms with E-state index in [1.807, 2.05) is 44.2 Å². The monoisotopic (exact) mass is 282 g/mol. The summed E-state index contributed by atoms with van der Waals surface area (Å²) in [4.78, 5) is 12.5. The lowest BCUT2D eigenvalue weighted by molar-refractivity contribution is 0.102. The minimum atomic E-state index is -0.150. The van der Waals surface area contributed by atoms with Crippen molar-refractivity contribution in [1.82, 2.24) is 0 Å². The second kappa shape index (κ2) is 5.48. The molecule has 2 aromatic carbocycles. The zero-order valence-corrected chi connectivity index (χ0v) is 12.2. The van der Waals surface area contributed by atoms with E-state index >= 15 is 0 Å². The van der Waals surface area contributed by atoms with Crippen LogP contribution in [0.4, 0.5) is 11.4 Å². The number of carbonyl (C=O) groups is 1. The normalized spacial score (nSPS) is 12.9. The summed E-state index contributed by atoms with van der Waals surface area (Å²) in [5.41, 5.74) is 4.48. The molecule has 0 bridgehead atoms. The lowest BCUT2D eigenvalue weighted by atomic mass is 10.1. The van der Waals surface area contributed by atoms with Crippen molar-refractivity contribution in [3.8, 4) is 5.75 Å². The van der Waals surface area contributed by atoms with Gasteiger partial charge in [-0.3, -0.25) is 4.79 Å². The maximum absolute atomic E-state index is 12.5. The third-order valence-corrected chi connectivity index (χ3v) is 3.55. The summed E-state index contributed by atoms with van der Waals surface area (Å²) in [5.74, 6) is 0.480. The molecule has 0 radical (unpaired) electrons. The van der Waals surface area contributed by atoms with Crippen molar-refractivity contribution >= 4 is 17.3 Å². The highest BCUT2D eigenvalue weighted by atomic mass is 16.5. The summed E-state index contributed by atoms with van der Waals surface area (Å²) in [7, 11) is 0. The Morgan fingerprint density at radius 1 is 1.24 bits per heavy atom. The van der Waals surface area contributed by atoms with Crippen LogP contribution in [-0.4, -0.2) is 19.1 Å². The van der Waals surface area contributed by atoms with Crippen LogP contribution in [0.15, 0.2) is 36.4 Å². The average Bonchev–Trinajstić information content (AvgIpc) is 2.49. The standard InChI is InChI=1S/C17H18N2O2/c1-11-6-7-14(12(2)10-11)19-17(20)13-4-3-5-15-16(13)21-9-8-18-15/h3-7,10,18H,8-9H2,1-2H3,(H,19,20). The van der Waals surface area contributed by atoms with E-state index in [0.717, 1.165) is 23.5 Å². The second-order valence-electron chi connectivity index (χ2n) is 5.23. The molecule has 0 spiro atoms. The van der Waals surface area contributed by atoms with Crippen LogP contribution in [0.25, 0.3) is 0 Å². The van der Waals surface area contributed by atoms with Gasteiger partial charge in [0.2, 0.25) is 0 Å². The average molecular weight is 282 g/mol. The van der Waals surface area contributed by atoms with Crippen LogP contribution in [0.5, 0.6) is 5.75 Å². The van der Waals surface area contributed by atoms with Gasteiger partial charge >= 0.3 is 0 Å². The topological polar surface area (TPSA) is 50.4 Å². The maximum Gasteiger partial charge on any atom is 0.259 e. The van der Waals surface area contributed by atoms with E-state index in [1.54, 1.807) is 6.07 Å². The number of benzene rings is 2. The number of carbonyl (C=O) groups excluding carboxylic acids is 1. The molecule has 21 heavy (non-hydrogen) atoms. The molecule has 108 valence electrons. The molecule has 1 heterocycles. The summed E-state index contributed by atoms with van der Waals surface area (Å²) < 4.78 is 5.64. The van der Waals surface area contributed by atoms with Gasteiger partial charge in [0, 0.05) is 12.2 Å². The van der Waals surface area contributed by atoms with Crippen LogP contribution >= 0.6 is 0 Å². The molecule has 0 aromatic heterocycles.